The number of nitrogens with zero attached hydrogens (tertiary/aromatic N) is 3. The average molecular weight is 481 g/mol. The van der Waals surface area contributed by atoms with Gasteiger partial charge in [0.05, 0.1) is 6.04 Å². The van der Waals surface area contributed by atoms with Crippen LogP contribution in [0.1, 0.15) is 61.1 Å². The molecule has 0 unspecified atom stereocenters. The van der Waals surface area contributed by atoms with Crippen LogP contribution in [0.5, 0.6) is 0 Å². The number of benzene rings is 2. The zero-order chi connectivity index (χ0) is 25.0. The number of piperazine rings is 1. The minimum Gasteiger partial charge on any atom is -0.385 e. The number of amides is 1. The summed E-state index contributed by atoms with van der Waals surface area (Å²) >= 11 is 0. The Morgan fingerprint density at radius 3 is 2.34 bits per heavy atom. The Balaban J connectivity index is 1.83. The predicted molar refractivity (Wildman–Crippen MR) is 145 cm³/mol. The Morgan fingerprint density at radius 2 is 1.71 bits per heavy atom. The van der Waals surface area contributed by atoms with Crippen molar-refractivity contribution in [1.82, 2.24) is 14.7 Å². The van der Waals surface area contributed by atoms with Gasteiger partial charge in [-0.25, -0.2) is 0 Å². The molecule has 0 aromatic heterocycles. The highest BCUT2D eigenvalue weighted by Crippen LogP contribution is 2.31. The molecule has 2 aromatic carbocycles. The van der Waals surface area contributed by atoms with Crippen LogP contribution in [0.25, 0.3) is 0 Å². The molecule has 1 atom stereocenters. The van der Waals surface area contributed by atoms with E-state index in [4.69, 9.17) is 4.74 Å². The van der Waals surface area contributed by atoms with Gasteiger partial charge in [0.25, 0.3) is 5.91 Å². The lowest BCUT2D eigenvalue weighted by molar-refractivity contribution is 0.0773. The quantitative estimate of drug-likeness (QED) is 0.420. The van der Waals surface area contributed by atoms with Crippen molar-refractivity contribution < 1.29 is 9.53 Å². The molecule has 1 N–H and O–H groups in total. The molecule has 1 aliphatic rings. The number of nitrogens with one attached hydrogen (secondary N) is 1. The Morgan fingerprint density at radius 1 is 1.00 bits per heavy atom. The molecule has 0 spiro atoms. The van der Waals surface area contributed by atoms with Gasteiger partial charge < -0.3 is 19.9 Å². The summed E-state index contributed by atoms with van der Waals surface area (Å²) in [5.41, 5.74) is 4.46. The highest BCUT2D eigenvalue weighted by atomic mass is 16.5. The number of rotatable bonds is 13. The van der Waals surface area contributed by atoms with Crippen LogP contribution >= 0.6 is 0 Å². The molecule has 0 bridgehead atoms. The molecule has 35 heavy (non-hydrogen) atoms. The number of carbonyl (C=O) groups is 1. The summed E-state index contributed by atoms with van der Waals surface area (Å²) in [5, 5.41) is 3.54. The fraction of sp³-hybridized carbons (Fsp3) is 0.552. The molecular weight excluding hydrogens is 436 g/mol. The van der Waals surface area contributed by atoms with Gasteiger partial charge in [0.15, 0.2) is 0 Å². The minimum absolute atomic E-state index is 0.105. The monoisotopic (exact) mass is 480 g/mol. The number of hydrogen-bond acceptors (Lipinski definition) is 5. The van der Waals surface area contributed by atoms with Crippen molar-refractivity contribution in [3.8, 4) is 0 Å². The summed E-state index contributed by atoms with van der Waals surface area (Å²) in [4.78, 5) is 19.8. The van der Waals surface area contributed by atoms with E-state index in [9.17, 15) is 4.79 Å². The van der Waals surface area contributed by atoms with Crippen molar-refractivity contribution in [3.63, 3.8) is 0 Å². The maximum absolute atomic E-state index is 12.8. The summed E-state index contributed by atoms with van der Waals surface area (Å²) in [6.45, 7) is 14.7. The third-order valence-corrected chi connectivity index (χ3v) is 6.90. The van der Waals surface area contributed by atoms with Crippen molar-refractivity contribution >= 4 is 11.6 Å². The van der Waals surface area contributed by atoms with Gasteiger partial charge in [-0.15, -0.1) is 0 Å². The van der Waals surface area contributed by atoms with E-state index in [-0.39, 0.29) is 11.9 Å². The Kier molecular flexibility index (Phi) is 11.0. The van der Waals surface area contributed by atoms with Crippen molar-refractivity contribution in [2.75, 3.05) is 71.4 Å². The fourth-order valence-electron chi connectivity index (χ4n) is 4.88. The molecule has 0 saturated carbocycles. The number of methoxy groups -OCH3 is 1. The van der Waals surface area contributed by atoms with E-state index in [1.54, 1.807) is 7.11 Å². The first-order valence-corrected chi connectivity index (χ1v) is 13.3. The second kappa shape index (κ2) is 14.2. The summed E-state index contributed by atoms with van der Waals surface area (Å²) in [5.74, 6) is 0.105. The first kappa shape index (κ1) is 27.2. The van der Waals surface area contributed by atoms with Crippen LogP contribution in [0.4, 0.5) is 5.69 Å². The molecule has 1 saturated heterocycles. The Bertz CT molecular complexity index is 890. The van der Waals surface area contributed by atoms with Gasteiger partial charge in [-0.2, -0.15) is 0 Å². The van der Waals surface area contributed by atoms with Crippen molar-refractivity contribution in [2.45, 2.75) is 39.7 Å². The normalized spacial score (nSPS) is 15.7. The lowest BCUT2D eigenvalue weighted by atomic mass is 9.94. The highest BCUT2D eigenvalue weighted by molar-refractivity contribution is 5.94. The summed E-state index contributed by atoms with van der Waals surface area (Å²) in [6.07, 6.45) is 2.17. The van der Waals surface area contributed by atoms with E-state index in [2.05, 4.69) is 58.4 Å². The molecule has 3 rings (SSSR count). The van der Waals surface area contributed by atoms with Crippen molar-refractivity contribution in [2.24, 2.45) is 0 Å². The highest BCUT2D eigenvalue weighted by Gasteiger charge is 2.27. The van der Waals surface area contributed by atoms with Crippen LogP contribution in [0.15, 0.2) is 48.5 Å². The van der Waals surface area contributed by atoms with Crippen LogP contribution in [0.2, 0.25) is 0 Å². The molecule has 6 heteroatoms. The Labute approximate surface area is 212 Å². The van der Waals surface area contributed by atoms with E-state index < -0.39 is 0 Å². The zero-order valence-electron chi connectivity index (χ0n) is 22.1. The second-order valence-corrected chi connectivity index (χ2v) is 9.28. The molecule has 1 amide bonds. The van der Waals surface area contributed by atoms with Gasteiger partial charge in [-0.05, 0) is 62.1 Å². The second-order valence-electron chi connectivity index (χ2n) is 9.28. The molecule has 1 aliphatic heterocycles. The maximum Gasteiger partial charge on any atom is 0.253 e. The lowest BCUT2D eigenvalue weighted by Gasteiger charge is -2.40. The van der Waals surface area contributed by atoms with Gasteiger partial charge >= 0.3 is 0 Å². The number of hydrogen-bond donors (Lipinski definition) is 1. The first-order chi connectivity index (χ1) is 17.1. The van der Waals surface area contributed by atoms with E-state index in [0.29, 0.717) is 0 Å². The van der Waals surface area contributed by atoms with Gasteiger partial charge in [0.2, 0.25) is 0 Å². The average Bonchev–Trinajstić information content (AvgIpc) is 2.90. The van der Waals surface area contributed by atoms with Crippen LogP contribution in [-0.4, -0.2) is 86.7 Å². The third kappa shape index (κ3) is 7.53. The number of carbonyl (C=O) groups excluding carboxylic acids is 1. The summed E-state index contributed by atoms with van der Waals surface area (Å²) in [6, 6.07) is 17.3. The minimum atomic E-state index is 0.105. The van der Waals surface area contributed by atoms with Crippen LogP contribution in [0.3, 0.4) is 0 Å². The smallest absolute Gasteiger partial charge is 0.253 e. The molecular formula is C29H44N4O2. The fourth-order valence-corrected chi connectivity index (χ4v) is 4.88. The van der Waals surface area contributed by atoms with Gasteiger partial charge in [-0.1, -0.05) is 31.2 Å². The van der Waals surface area contributed by atoms with E-state index in [1.807, 2.05) is 30.9 Å². The molecule has 1 heterocycles. The zero-order valence-corrected chi connectivity index (χ0v) is 22.1. The Hall–Kier alpha value is -2.41. The topological polar surface area (TPSA) is 48.1 Å². The van der Waals surface area contributed by atoms with E-state index in [0.717, 1.165) is 77.4 Å². The SMILES string of the molecule is CCCNc1cccc([C@@H](c2ccc(C(=O)N(CC)CC)cc2)N2CCN(CCCOC)CC2)c1. The van der Waals surface area contributed by atoms with Gasteiger partial charge in [-0.3, -0.25) is 9.69 Å². The first-order valence-electron chi connectivity index (χ1n) is 13.3. The molecule has 2 aromatic rings. The van der Waals surface area contributed by atoms with Crippen LogP contribution in [-0.2, 0) is 4.74 Å². The van der Waals surface area contributed by atoms with Gasteiger partial charge in [0, 0.05) is 77.3 Å². The predicted octanol–water partition coefficient (Wildman–Crippen LogP) is 4.73. The third-order valence-electron chi connectivity index (χ3n) is 6.90. The van der Waals surface area contributed by atoms with Crippen LogP contribution < -0.4 is 5.32 Å². The molecule has 0 aliphatic carbocycles. The lowest BCUT2D eigenvalue weighted by Crippen LogP contribution is -2.48. The summed E-state index contributed by atoms with van der Waals surface area (Å²) in [7, 11) is 1.77. The van der Waals surface area contributed by atoms with E-state index in [1.165, 1.54) is 16.8 Å². The molecule has 1 fully saturated rings. The number of ether oxygens (including phenoxy) is 1. The maximum atomic E-state index is 12.8. The molecule has 192 valence electrons. The number of anilines is 1. The largest absolute Gasteiger partial charge is 0.385 e. The van der Waals surface area contributed by atoms with E-state index >= 15 is 0 Å². The molecule has 0 radical (unpaired) electrons. The summed E-state index contributed by atoms with van der Waals surface area (Å²) < 4.78 is 5.23. The van der Waals surface area contributed by atoms with Crippen molar-refractivity contribution in [3.05, 3.63) is 65.2 Å². The van der Waals surface area contributed by atoms with Crippen LogP contribution in [0, 0.1) is 0 Å². The van der Waals surface area contributed by atoms with Crippen molar-refractivity contribution in [1.29, 1.82) is 0 Å². The van der Waals surface area contributed by atoms with Gasteiger partial charge in [0.1, 0.15) is 0 Å². The molecule has 6 nitrogen and oxygen atoms in total. The standard InChI is InChI=1S/C29H44N4O2/c1-5-16-30-27-11-8-10-26(23-27)28(33-20-18-31(19-21-33)17-9-22-35-4)24-12-14-25(15-13-24)29(34)32(6-2)7-3/h8,10-15,23,28,30H,5-7,9,16-22H2,1-4H3/t28-/m1/s1.